The van der Waals surface area contributed by atoms with Gasteiger partial charge in [0.25, 0.3) is 0 Å². The summed E-state index contributed by atoms with van der Waals surface area (Å²) in [5.41, 5.74) is 2.92. The summed E-state index contributed by atoms with van der Waals surface area (Å²) in [5.74, 6) is -0.417. The van der Waals surface area contributed by atoms with Gasteiger partial charge in [-0.1, -0.05) is 94.7 Å². The van der Waals surface area contributed by atoms with Crippen LogP contribution in [-0.4, -0.2) is 17.7 Å². The average Bonchev–Trinajstić information content (AvgIpc) is 2.75. The number of carboxylic acid groups (broad SMARTS) is 1. The Balaban J connectivity index is 1.71. The molecule has 2 aromatic carbocycles. The fourth-order valence-corrected chi connectivity index (χ4v) is 3.48. The van der Waals surface area contributed by atoms with Crippen molar-refractivity contribution in [2.45, 2.75) is 77.6 Å². The zero-order valence-electron chi connectivity index (χ0n) is 18.0. The zero-order chi connectivity index (χ0) is 20.9. The molecule has 0 amide bonds. The van der Waals surface area contributed by atoms with Gasteiger partial charge in [-0.25, -0.2) is 0 Å². The Labute approximate surface area is 176 Å². The molecule has 0 heterocycles. The summed E-state index contributed by atoms with van der Waals surface area (Å²) in [6.45, 7) is 4.74. The fourth-order valence-electron chi connectivity index (χ4n) is 3.48. The molecule has 2 rings (SSSR count). The molecule has 0 aliphatic rings. The van der Waals surface area contributed by atoms with Crippen LogP contribution in [0.25, 0.3) is 11.1 Å². The Hall–Kier alpha value is -2.29. The van der Waals surface area contributed by atoms with Crippen LogP contribution in [0.5, 0.6) is 5.75 Å². The third-order valence-electron chi connectivity index (χ3n) is 5.46. The minimum absolute atomic E-state index is 0.506. The van der Waals surface area contributed by atoms with Gasteiger partial charge in [0.2, 0.25) is 0 Å². The second kappa shape index (κ2) is 13.0. The van der Waals surface area contributed by atoms with Crippen molar-refractivity contribution in [3.63, 3.8) is 0 Å². The maximum absolute atomic E-state index is 11.2. The minimum Gasteiger partial charge on any atom is -0.494 e. The van der Waals surface area contributed by atoms with Crippen molar-refractivity contribution < 1.29 is 14.6 Å². The number of ether oxygens (including phenoxy) is 1. The Kier molecular flexibility index (Phi) is 10.3. The van der Waals surface area contributed by atoms with Crippen molar-refractivity contribution in [3.8, 4) is 16.9 Å². The highest BCUT2D eigenvalue weighted by atomic mass is 16.5. The number of carbonyl (C=O) groups is 1. The molecule has 0 aliphatic carbocycles. The van der Waals surface area contributed by atoms with Crippen LogP contribution >= 0.6 is 0 Å². The van der Waals surface area contributed by atoms with E-state index in [1.165, 1.54) is 51.4 Å². The van der Waals surface area contributed by atoms with Crippen molar-refractivity contribution in [1.82, 2.24) is 0 Å². The molecule has 0 spiro atoms. The highest BCUT2D eigenvalue weighted by Crippen LogP contribution is 2.26. The zero-order valence-corrected chi connectivity index (χ0v) is 18.0. The van der Waals surface area contributed by atoms with Gasteiger partial charge < -0.3 is 9.84 Å². The molecule has 0 saturated heterocycles. The van der Waals surface area contributed by atoms with Crippen molar-refractivity contribution in [2.75, 3.05) is 6.61 Å². The molecular weight excluding hydrogens is 360 g/mol. The molecule has 0 radical (unpaired) electrons. The van der Waals surface area contributed by atoms with E-state index < -0.39 is 11.9 Å². The van der Waals surface area contributed by atoms with Gasteiger partial charge in [0.05, 0.1) is 12.5 Å². The van der Waals surface area contributed by atoms with E-state index in [2.05, 4.69) is 6.92 Å². The van der Waals surface area contributed by atoms with E-state index in [-0.39, 0.29) is 0 Å². The van der Waals surface area contributed by atoms with E-state index >= 15 is 0 Å². The van der Waals surface area contributed by atoms with Crippen LogP contribution in [0, 0.1) is 0 Å². The highest BCUT2D eigenvalue weighted by molar-refractivity contribution is 5.76. The summed E-state index contributed by atoms with van der Waals surface area (Å²) < 4.78 is 5.87. The molecule has 3 heteroatoms. The van der Waals surface area contributed by atoms with Crippen LogP contribution < -0.4 is 4.74 Å². The van der Waals surface area contributed by atoms with Crippen LogP contribution in [0.4, 0.5) is 0 Å². The fraction of sp³-hybridized carbons (Fsp3) is 0.500. The Morgan fingerprint density at radius 2 is 1.48 bits per heavy atom. The van der Waals surface area contributed by atoms with Gasteiger partial charge in [-0.05, 0) is 42.2 Å². The van der Waals surface area contributed by atoms with Crippen LogP contribution in [0.15, 0.2) is 48.5 Å². The molecule has 29 heavy (non-hydrogen) atoms. The topological polar surface area (TPSA) is 46.5 Å². The number of hydrogen-bond acceptors (Lipinski definition) is 2. The summed E-state index contributed by atoms with van der Waals surface area (Å²) >= 11 is 0. The van der Waals surface area contributed by atoms with Crippen molar-refractivity contribution >= 4 is 5.97 Å². The first-order valence-electron chi connectivity index (χ1n) is 11.2. The summed E-state index contributed by atoms with van der Waals surface area (Å²) in [5, 5.41) is 9.21. The van der Waals surface area contributed by atoms with Gasteiger partial charge in [0, 0.05) is 0 Å². The van der Waals surface area contributed by atoms with Crippen LogP contribution in [0.2, 0.25) is 0 Å². The third-order valence-corrected chi connectivity index (χ3v) is 5.46. The van der Waals surface area contributed by atoms with Crippen molar-refractivity contribution in [1.29, 1.82) is 0 Å². The molecular formula is C26H36O3. The first-order chi connectivity index (χ1) is 14.1. The van der Waals surface area contributed by atoms with Gasteiger partial charge in [-0.15, -0.1) is 0 Å². The number of benzene rings is 2. The normalized spacial score (nSPS) is 11.9. The second-order valence-corrected chi connectivity index (χ2v) is 7.89. The van der Waals surface area contributed by atoms with E-state index in [0.717, 1.165) is 35.5 Å². The summed E-state index contributed by atoms with van der Waals surface area (Å²) in [7, 11) is 0. The van der Waals surface area contributed by atoms with Crippen LogP contribution in [-0.2, 0) is 4.79 Å². The second-order valence-electron chi connectivity index (χ2n) is 7.89. The molecule has 0 bridgehead atoms. The molecule has 1 N–H and O–H groups in total. The lowest BCUT2D eigenvalue weighted by molar-refractivity contribution is -0.138. The van der Waals surface area contributed by atoms with Gasteiger partial charge in [-0.3, -0.25) is 4.79 Å². The monoisotopic (exact) mass is 396 g/mol. The largest absolute Gasteiger partial charge is 0.494 e. The third kappa shape index (κ3) is 8.31. The number of unbranched alkanes of at least 4 members (excludes halogenated alkanes) is 8. The lowest BCUT2D eigenvalue weighted by atomic mass is 9.96. The van der Waals surface area contributed by atoms with Crippen molar-refractivity contribution in [3.05, 3.63) is 54.1 Å². The Bertz CT molecular complexity index is 721. The standard InChI is InChI=1S/C26H36O3/c1-3-4-5-6-7-8-9-10-11-19-29-25-17-15-22(16-18-25)24-14-12-13-23(20-24)21(2)26(27)28/h12-18,20-21H,3-11,19H2,1-2H3,(H,27,28). The van der Waals surface area contributed by atoms with E-state index in [9.17, 15) is 9.90 Å². The molecule has 2 aromatic rings. The van der Waals surface area contributed by atoms with Crippen LogP contribution in [0.3, 0.4) is 0 Å². The van der Waals surface area contributed by atoms with E-state index in [1.54, 1.807) is 6.92 Å². The summed E-state index contributed by atoms with van der Waals surface area (Å²) in [6, 6.07) is 15.8. The minimum atomic E-state index is -0.803. The van der Waals surface area contributed by atoms with E-state index in [1.807, 2.05) is 48.5 Å². The molecule has 0 fully saturated rings. The number of carboxylic acids is 1. The Morgan fingerprint density at radius 3 is 2.10 bits per heavy atom. The predicted molar refractivity (Wildman–Crippen MR) is 121 cm³/mol. The highest BCUT2D eigenvalue weighted by Gasteiger charge is 2.14. The molecule has 0 aromatic heterocycles. The molecule has 0 saturated carbocycles. The number of rotatable bonds is 14. The molecule has 0 aliphatic heterocycles. The smallest absolute Gasteiger partial charge is 0.310 e. The van der Waals surface area contributed by atoms with Gasteiger partial charge >= 0.3 is 5.97 Å². The van der Waals surface area contributed by atoms with Gasteiger partial charge in [-0.2, -0.15) is 0 Å². The van der Waals surface area contributed by atoms with E-state index in [4.69, 9.17) is 4.74 Å². The number of hydrogen-bond donors (Lipinski definition) is 1. The van der Waals surface area contributed by atoms with Crippen LogP contribution in [0.1, 0.15) is 83.1 Å². The van der Waals surface area contributed by atoms with Gasteiger partial charge in [0.15, 0.2) is 0 Å². The molecule has 1 atom stereocenters. The first-order valence-corrected chi connectivity index (χ1v) is 11.2. The summed E-state index contributed by atoms with van der Waals surface area (Å²) in [4.78, 5) is 11.2. The predicted octanol–water partition coefficient (Wildman–Crippen LogP) is 7.45. The lowest BCUT2D eigenvalue weighted by Crippen LogP contribution is -2.07. The Morgan fingerprint density at radius 1 is 0.862 bits per heavy atom. The summed E-state index contributed by atoms with van der Waals surface area (Å²) in [6.07, 6.45) is 11.8. The van der Waals surface area contributed by atoms with Crippen molar-refractivity contribution in [2.24, 2.45) is 0 Å². The number of aliphatic carboxylic acids is 1. The maximum Gasteiger partial charge on any atom is 0.310 e. The average molecular weight is 397 g/mol. The molecule has 1 unspecified atom stereocenters. The molecule has 3 nitrogen and oxygen atoms in total. The quantitative estimate of drug-likeness (QED) is 0.337. The van der Waals surface area contributed by atoms with Gasteiger partial charge in [0.1, 0.15) is 5.75 Å². The first kappa shape index (κ1) is 23.0. The molecule has 158 valence electrons. The lowest BCUT2D eigenvalue weighted by Gasteiger charge is -2.10. The maximum atomic E-state index is 11.2. The van der Waals surface area contributed by atoms with E-state index in [0.29, 0.717) is 0 Å². The SMILES string of the molecule is CCCCCCCCCCCOc1ccc(-c2cccc(C(C)C(=O)O)c2)cc1.